The van der Waals surface area contributed by atoms with Gasteiger partial charge in [0, 0.05) is 17.7 Å². The fourth-order valence-electron chi connectivity index (χ4n) is 2.31. The Hall–Kier alpha value is -1.42. The van der Waals surface area contributed by atoms with Crippen LogP contribution in [0.1, 0.15) is 32.8 Å². The second-order valence-electron chi connectivity index (χ2n) is 4.60. The van der Waals surface area contributed by atoms with Crippen LogP contribution in [0.2, 0.25) is 0 Å². The van der Waals surface area contributed by atoms with Crippen LogP contribution in [0, 0.1) is 16.0 Å². The zero-order valence-electron chi connectivity index (χ0n) is 11.3. The smallest absolute Gasteiger partial charge is 0.272 e. The van der Waals surface area contributed by atoms with Gasteiger partial charge in [0.1, 0.15) is 0 Å². The molecule has 0 aliphatic carbocycles. The molecule has 0 saturated carbocycles. The van der Waals surface area contributed by atoms with E-state index in [1.807, 2.05) is 12.1 Å². The lowest BCUT2D eigenvalue weighted by Crippen LogP contribution is -2.34. The Morgan fingerprint density at radius 2 is 2.00 bits per heavy atom. The SMILES string of the molecule is CCNC(C)C(CC)Cc1ccccc1[N+](=O)[O-]. The second-order valence-corrected chi connectivity index (χ2v) is 4.60. The molecule has 0 fully saturated rings. The van der Waals surface area contributed by atoms with Gasteiger partial charge in [0.2, 0.25) is 0 Å². The molecule has 0 aliphatic heterocycles. The van der Waals surface area contributed by atoms with Crippen molar-refractivity contribution in [1.82, 2.24) is 5.32 Å². The van der Waals surface area contributed by atoms with Crippen molar-refractivity contribution in [2.45, 2.75) is 39.7 Å². The van der Waals surface area contributed by atoms with Crippen molar-refractivity contribution in [1.29, 1.82) is 0 Å². The van der Waals surface area contributed by atoms with E-state index in [2.05, 4.69) is 26.1 Å². The number of nitro groups is 1. The minimum absolute atomic E-state index is 0.236. The summed E-state index contributed by atoms with van der Waals surface area (Å²) in [6, 6.07) is 7.41. The largest absolute Gasteiger partial charge is 0.314 e. The maximum atomic E-state index is 11.0. The van der Waals surface area contributed by atoms with E-state index >= 15 is 0 Å². The van der Waals surface area contributed by atoms with E-state index in [4.69, 9.17) is 0 Å². The Balaban J connectivity index is 2.84. The molecule has 1 aromatic carbocycles. The number of benzene rings is 1. The number of rotatable bonds is 7. The first-order valence-corrected chi connectivity index (χ1v) is 6.55. The predicted octanol–water partition coefficient (Wildman–Crippen LogP) is 3.16. The van der Waals surface area contributed by atoms with Gasteiger partial charge >= 0.3 is 0 Å². The summed E-state index contributed by atoms with van der Waals surface area (Å²) in [6.07, 6.45) is 1.77. The molecule has 18 heavy (non-hydrogen) atoms. The normalized spacial score (nSPS) is 14.2. The summed E-state index contributed by atoms with van der Waals surface area (Å²) in [4.78, 5) is 10.7. The maximum absolute atomic E-state index is 11.0. The average molecular weight is 250 g/mol. The van der Waals surface area contributed by atoms with Gasteiger partial charge in [-0.2, -0.15) is 0 Å². The van der Waals surface area contributed by atoms with Gasteiger partial charge in [0.25, 0.3) is 5.69 Å². The van der Waals surface area contributed by atoms with Gasteiger partial charge in [-0.1, -0.05) is 38.5 Å². The molecule has 100 valence electrons. The van der Waals surface area contributed by atoms with Crippen molar-refractivity contribution in [2.24, 2.45) is 5.92 Å². The topological polar surface area (TPSA) is 55.2 Å². The quantitative estimate of drug-likeness (QED) is 0.597. The molecule has 0 amide bonds. The van der Waals surface area contributed by atoms with Gasteiger partial charge in [-0.3, -0.25) is 10.1 Å². The van der Waals surface area contributed by atoms with Gasteiger partial charge < -0.3 is 5.32 Å². The Kier molecular flexibility index (Phi) is 5.78. The lowest BCUT2D eigenvalue weighted by Gasteiger charge is -2.23. The summed E-state index contributed by atoms with van der Waals surface area (Å²) in [7, 11) is 0. The van der Waals surface area contributed by atoms with Crippen LogP contribution in [0.5, 0.6) is 0 Å². The summed E-state index contributed by atoms with van der Waals surface area (Å²) in [5.74, 6) is 0.422. The van der Waals surface area contributed by atoms with Crippen LogP contribution in [0.3, 0.4) is 0 Å². The fourth-order valence-corrected chi connectivity index (χ4v) is 2.31. The standard InChI is InChI=1S/C14H22N2O2/c1-4-12(11(3)15-5-2)10-13-8-6-7-9-14(13)16(17)18/h6-9,11-12,15H,4-5,10H2,1-3H3. The number of para-hydroxylation sites is 1. The first-order chi connectivity index (χ1) is 8.60. The molecule has 2 atom stereocenters. The van der Waals surface area contributed by atoms with E-state index < -0.39 is 0 Å². The van der Waals surface area contributed by atoms with Crippen LogP contribution < -0.4 is 5.32 Å². The lowest BCUT2D eigenvalue weighted by molar-refractivity contribution is -0.385. The van der Waals surface area contributed by atoms with Crippen molar-refractivity contribution in [2.75, 3.05) is 6.54 Å². The van der Waals surface area contributed by atoms with Gasteiger partial charge in [0.05, 0.1) is 4.92 Å². The Morgan fingerprint density at radius 3 is 2.56 bits per heavy atom. The molecule has 2 unspecified atom stereocenters. The molecule has 4 heteroatoms. The molecular weight excluding hydrogens is 228 g/mol. The zero-order valence-corrected chi connectivity index (χ0v) is 11.3. The van der Waals surface area contributed by atoms with Crippen LogP contribution in [0.25, 0.3) is 0 Å². The highest BCUT2D eigenvalue weighted by Crippen LogP contribution is 2.23. The molecule has 1 N–H and O–H groups in total. The van der Waals surface area contributed by atoms with E-state index in [0.29, 0.717) is 12.0 Å². The van der Waals surface area contributed by atoms with E-state index in [1.165, 1.54) is 0 Å². The molecule has 0 saturated heterocycles. The van der Waals surface area contributed by atoms with Gasteiger partial charge in [-0.05, 0) is 25.8 Å². The maximum Gasteiger partial charge on any atom is 0.272 e. The van der Waals surface area contributed by atoms with E-state index in [0.717, 1.165) is 24.9 Å². The first-order valence-electron chi connectivity index (χ1n) is 6.55. The van der Waals surface area contributed by atoms with Crippen molar-refractivity contribution in [3.05, 3.63) is 39.9 Å². The summed E-state index contributed by atoms with van der Waals surface area (Å²) in [6.45, 7) is 7.28. The fraction of sp³-hybridized carbons (Fsp3) is 0.571. The number of nitrogens with one attached hydrogen (secondary N) is 1. The first kappa shape index (κ1) is 14.6. The molecule has 0 aliphatic rings. The minimum Gasteiger partial charge on any atom is -0.314 e. The van der Waals surface area contributed by atoms with Crippen LogP contribution in [0.15, 0.2) is 24.3 Å². The number of hydrogen-bond acceptors (Lipinski definition) is 3. The van der Waals surface area contributed by atoms with E-state index in [9.17, 15) is 10.1 Å². The van der Waals surface area contributed by atoms with Crippen molar-refractivity contribution in [3.8, 4) is 0 Å². The van der Waals surface area contributed by atoms with Gasteiger partial charge in [-0.25, -0.2) is 0 Å². The summed E-state index contributed by atoms with van der Waals surface area (Å²) in [5.41, 5.74) is 1.07. The van der Waals surface area contributed by atoms with Gasteiger partial charge in [-0.15, -0.1) is 0 Å². The Bertz CT molecular complexity index is 393. The molecule has 0 spiro atoms. The number of nitrogens with zero attached hydrogens (tertiary/aromatic N) is 1. The third-order valence-electron chi connectivity index (χ3n) is 3.43. The lowest BCUT2D eigenvalue weighted by atomic mass is 9.90. The Labute approximate surface area is 109 Å². The third kappa shape index (κ3) is 3.81. The highest BCUT2D eigenvalue weighted by Gasteiger charge is 2.20. The van der Waals surface area contributed by atoms with Crippen molar-refractivity contribution >= 4 is 5.69 Å². The molecule has 0 radical (unpaired) electrons. The molecule has 0 heterocycles. The van der Waals surface area contributed by atoms with Crippen LogP contribution >= 0.6 is 0 Å². The van der Waals surface area contributed by atoms with Crippen LogP contribution in [-0.2, 0) is 6.42 Å². The molecule has 1 aromatic rings. The summed E-state index contributed by atoms with van der Waals surface area (Å²) >= 11 is 0. The molecule has 0 aromatic heterocycles. The van der Waals surface area contributed by atoms with Gasteiger partial charge in [0.15, 0.2) is 0 Å². The second kappa shape index (κ2) is 7.11. The van der Waals surface area contributed by atoms with Crippen molar-refractivity contribution < 1.29 is 4.92 Å². The average Bonchev–Trinajstić information content (AvgIpc) is 2.36. The number of nitro benzene ring substituents is 1. The third-order valence-corrected chi connectivity index (χ3v) is 3.43. The van der Waals surface area contributed by atoms with Crippen molar-refractivity contribution in [3.63, 3.8) is 0 Å². The molecular formula is C14H22N2O2. The van der Waals surface area contributed by atoms with E-state index in [1.54, 1.807) is 12.1 Å². The summed E-state index contributed by atoms with van der Waals surface area (Å²) in [5, 5.41) is 14.4. The highest BCUT2D eigenvalue weighted by molar-refractivity contribution is 5.40. The molecule has 1 rings (SSSR count). The predicted molar refractivity (Wildman–Crippen MR) is 73.7 cm³/mol. The highest BCUT2D eigenvalue weighted by atomic mass is 16.6. The van der Waals surface area contributed by atoms with Crippen LogP contribution in [-0.4, -0.2) is 17.5 Å². The zero-order chi connectivity index (χ0) is 13.5. The number of hydrogen-bond donors (Lipinski definition) is 1. The monoisotopic (exact) mass is 250 g/mol. The minimum atomic E-state index is -0.292. The molecule has 4 nitrogen and oxygen atoms in total. The van der Waals surface area contributed by atoms with Crippen LogP contribution in [0.4, 0.5) is 5.69 Å². The van der Waals surface area contributed by atoms with E-state index in [-0.39, 0.29) is 10.6 Å². The Morgan fingerprint density at radius 1 is 1.33 bits per heavy atom. The summed E-state index contributed by atoms with van der Waals surface area (Å²) < 4.78 is 0. The molecule has 0 bridgehead atoms.